The van der Waals surface area contributed by atoms with Gasteiger partial charge in [-0.15, -0.1) is 0 Å². The lowest BCUT2D eigenvalue weighted by atomic mass is 10.1. The number of ether oxygens (including phenoxy) is 1. The van der Waals surface area contributed by atoms with Gasteiger partial charge in [-0.05, 0) is 24.5 Å². The number of amides is 1. The lowest BCUT2D eigenvalue weighted by molar-refractivity contribution is 0.0635. The van der Waals surface area contributed by atoms with E-state index in [0.717, 1.165) is 26.1 Å². The number of rotatable bonds is 7. The highest BCUT2D eigenvalue weighted by molar-refractivity contribution is 5.97. The number of para-hydroxylation sites is 1. The van der Waals surface area contributed by atoms with E-state index >= 15 is 0 Å². The molecule has 1 saturated heterocycles. The molecule has 24 heavy (non-hydrogen) atoms. The Hall–Kier alpha value is -2.06. The fourth-order valence-corrected chi connectivity index (χ4v) is 2.73. The molecule has 2 rings (SSSR count). The normalized spacial score (nSPS) is 15.3. The van der Waals surface area contributed by atoms with Crippen LogP contribution in [0, 0.1) is 17.2 Å². The van der Waals surface area contributed by atoms with E-state index in [1.807, 2.05) is 29.2 Å². The molecule has 1 heterocycles. The van der Waals surface area contributed by atoms with Crippen molar-refractivity contribution < 1.29 is 9.53 Å². The number of nitriles is 1. The van der Waals surface area contributed by atoms with Gasteiger partial charge >= 0.3 is 0 Å². The maximum atomic E-state index is 12.8. The predicted molar refractivity (Wildman–Crippen MR) is 94.0 cm³/mol. The maximum absolute atomic E-state index is 12.8. The molecule has 1 aliphatic heterocycles. The lowest BCUT2D eigenvalue weighted by Gasteiger charge is -2.34. The fourth-order valence-electron chi connectivity index (χ4n) is 2.73. The van der Waals surface area contributed by atoms with Crippen LogP contribution in [-0.2, 0) is 0 Å². The van der Waals surface area contributed by atoms with Crippen LogP contribution in [0.1, 0.15) is 37.0 Å². The summed E-state index contributed by atoms with van der Waals surface area (Å²) in [6.45, 7) is 8.78. The van der Waals surface area contributed by atoms with Crippen LogP contribution < -0.4 is 4.74 Å². The summed E-state index contributed by atoms with van der Waals surface area (Å²) in [5, 5.41) is 8.67. The summed E-state index contributed by atoms with van der Waals surface area (Å²) < 4.78 is 5.84. The molecule has 0 aromatic heterocycles. The van der Waals surface area contributed by atoms with Gasteiger partial charge in [0.05, 0.1) is 18.2 Å². The molecule has 0 aliphatic carbocycles. The van der Waals surface area contributed by atoms with Gasteiger partial charge in [0.25, 0.3) is 5.91 Å². The van der Waals surface area contributed by atoms with Crippen molar-refractivity contribution in [2.24, 2.45) is 5.92 Å². The third-order valence-electron chi connectivity index (χ3n) is 4.27. The van der Waals surface area contributed by atoms with E-state index < -0.39 is 0 Å². The number of piperazine rings is 1. The van der Waals surface area contributed by atoms with Crippen molar-refractivity contribution in [2.75, 3.05) is 39.3 Å². The summed E-state index contributed by atoms with van der Waals surface area (Å²) in [6.07, 6.45) is 1.51. The van der Waals surface area contributed by atoms with Gasteiger partial charge in [0.1, 0.15) is 5.75 Å². The third-order valence-corrected chi connectivity index (χ3v) is 4.27. The zero-order chi connectivity index (χ0) is 17.4. The maximum Gasteiger partial charge on any atom is 0.257 e. The number of hydrogen-bond acceptors (Lipinski definition) is 4. The van der Waals surface area contributed by atoms with Crippen molar-refractivity contribution in [3.8, 4) is 11.8 Å². The van der Waals surface area contributed by atoms with E-state index in [9.17, 15) is 4.79 Å². The first-order chi connectivity index (χ1) is 11.6. The highest BCUT2D eigenvalue weighted by Gasteiger charge is 2.24. The Labute approximate surface area is 144 Å². The molecule has 1 aromatic carbocycles. The average molecular weight is 329 g/mol. The van der Waals surface area contributed by atoms with Crippen molar-refractivity contribution in [2.45, 2.75) is 26.7 Å². The van der Waals surface area contributed by atoms with Gasteiger partial charge in [0.15, 0.2) is 0 Å². The van der Waals surface area contributed by atoms with Crippen LogP contribution in [0.3, 0.4) is 0 Å². The average Bonchev–Trinajstić information content (AvgIpc) is 2.60. The zero-order valence-corrected chi connectivity index (χ0v) is 14.7. The molecule has 0 N–H and O–H groups in total. The van der Waals surface area contributed by atoms with E-state index in [1.54, 1.807) is 0 Å². The Kier molecular flexibility index (Phi) is 7.07. The molecule has 5 nitrogen and oxygen atoms in total. The Morgan fingerprint density at radius 2 is 1.96 bits per heavy atom. The van der Waals surface area contributed by atoms with Crippen molar-refractivity contribution in [3.63, 3.8) is 0 Å². The largest absolute Gasteiger partial charge is 0.493 e. The topological polar surface area (TPSA) is 56.6 Å². The standard InChI is InChI=1S/C19H27N3O2/c1-16(2)8-15-24-18-7-4-3-6-17(18)19(23)22-13-11-21(12-14-22)10-5-9-20/h3-4,6-7,16H,5,8,10-15H2,1-2H3. The summed E-state index contributed by atoms with van der Waals surface area (Å²) in [6, 6.07) is 9.67. The van der Waals surface area contributed by atoms with Crippen molar-refractivity contribution in [1.29, 1.82) is 5.26 Å². The van der Waals surface area contributed by atoms with Crippen LogP contribution in [0.25, 0.3) is 0 Å². The molecule has 5 heteroatoms. The van der Waals surface area contributed by atoms with E-state index in [4.69, 9.17) is 10.00 Å². The van der Waals surface area contributed by atoms with Crippen LogP contribution in [0.15, 0.2) is 24.3 Å². The van der Waals surface area contributed by atoms with Gasteiger partial charge < -0.3 is 9.64 Å². The molecule has 1 aromatic rings. The number of carbonyl (C=O) groups excluding carboxylic acids is 1. The van der Waals surface area contributed by atoms with Crippen LogP contribution in [0.5, 0.6) is 5.75 Å². The minimum absolute atomic E-state index is 0.0371. The Bertz CT molecular complexity index is 572. The first-order valence-electron chi connectivity index (χ1n) is 8.72. The molecule has 0 atom stereocenters. The third kappa shape index (κ3) is 5.24. The highest BCUT2D eigenvalue weighted by atomic mass is 16.5. The Morgan fingerprint density at radius 1 is 1.25 bits per heavy atom. The summed E-state index contributed by atoms with van der Waals surface area (Å²) in [7, 11) is 0. The molecule has 0 saturated carbocycles. The quantitative estimate of drug-likeness (QED) is 0.772. The monoisotopic (exact) mass is 329 g/mol. The second-order valence-electron chi connectivity index (χ2n) is 6.57. The van der Waals surface area contributed by atoms with Gasteiger partial charge in [0.2, 0.25) is 0 Å². The van der Waals surface area contributed by atoms with Crippen molar-refractivity contribution in [1.82, 2.24) is 9.80 Å². The summed E-state index contributed by atoms with van der Waals surface area (Å²) in [5.74, 6) is 1.29. The first kappa shape index (κ1) is 18.3. The van der Waals surface area contributed by atoms with Crippen molar-refractivity contribution in [3.05, 3.63) is 29.8 Å². The van der Waals surface area contributed by atoms with Gasteiger partial charge in [-0.3, -0.25) is 9.69 Å². The van der Waals surface area contributed by atoms with Gasteiger partial charge in [-0.1, -0.05) is 26.0 Å². The van der Waals surface area contributed by atoms with Crippen LogP contribution in [0.2, 0.25) is 0 Å². The molecule has 1 amide bonds. The summed E-state index contributed by atoms with van der Waals surface area (Å²) in [5.41, 5.74) is 0.645. The van der Waals surface area contributed by atoms with Crippen LogP contribution in [0.4, 0.5) is 0 Å². The van der Waals surface area contributed by atoms with Crippen molar-refractivity contribution >= 4 is 5.91 Å². The SMILES string of the molecule is CC(C)CCOc1ccccc1C(=O)N1CCN(CCC#N)CC1. The van der Waals surface area contributed by atoms with Gasteiger partial charge in [0, 0.05) is 39.1 Å². The van der Waals surface area contributed by atoms with E-state index in [0.29, 0.717) is 43.3 Å². The molecule has 1 aliphatic rings. The minimum atomic E-state index is 0.0371. The number of hydrogen-bond donors (Lipinski definition) is 0. The minimum Gasteiger partial charge on any atom is -0.493 e. The van der Waals surface area contributed by atoms with E-state index in [-0.39, 0.29) is 5.91 Å². The molecule has 0 unspecified atom stereocenters. The molecular formula is C19H27N3O2. The van der Waals surface area contributed by atoms with Gasteiger partial charge in [-0.2, -0.15) is 5.26 Å². The Balaban J connectivity index is 1.94. The molecule has 0 spiro atoms. The molecular weight excluding hydrogens is 302 g/mol. The lowest BCUT2D eigenvalue weighted by Crippen LogP contribution is -2.48. The number of benzene rings is 1. The number of nitrogens with zero attached hydrogens (tertiary/aromatic N) is 3. The predicted octanol–water partition coefficient (Wildman–Crippen LogP) is 2.78. The highest BCUT2D eigenvalue weighted by Crippen LogP contribution is 2.21. The van der Waals surface area contributed by atoms with Crippen LogP contribution in [-0.4, -0.2) is 55.0 Å². The smallest absolute Gasteiger partial charge is 0.257 e. The number of carbonyl (C=O) groups is 1. The molecule has 130 valence electrons. The van der Waals surface area contributed by atoms with Gasteiger partial charge in [-0.25, -0.2) is 0 Å². The summed E-state index contributed by atoms with van der Waals surface area (Å²) >= 11 is 0. The fraction of sp³-hybridized carbons (Fsp3) is 0.579. The molecule has 0 bridgehead atoms. The molecule has 1 fully saturated rings. The first-order valence-corrected chi connectivity index (χ1v) is 8.72. The van der Waals surface area contributed by atoms with E-state index in [2.05, 4.69) is 24.8 Å². The molecule has 0 radical (unpaired) electrons. The Morgan fingerprint density at radius 3 is 2.62 bits per heavy atom. The zero-order valence-electron chi connectivity index (χ0n) is 14.7. The summed E-state index contributed by atoms with van der Waals surface area (Å²) in [4.78, 5) is 16.9. The second-order valence-corrected chi connectivity index (χ2v) is 6.57. The van der Waals surface area contributed by atoms with Crippen LogP contribution >= 0.6 is 0 Å². The van der Waals surface area contributed by atoms with E-state index in [1.165, 1.54) is 0 Å². The second kappa shape index (κ2) is 9.29.